The van der Waals surface area contributed by atoms with Crippen molar-refractivity contribution < 1.29 is 0 Å². The van der Waals surface area contributed by atoms with Crippen LogP contribution < -0.4 is 5.73 Å². The summed E-state index contributed by atoms with van der Waals surface area (Å²) in [5.74, 6) is 0. The predicted octanol–water partition coefficient (Wildman–Crippen LogP) is 0.798. The molecular formula is C12H20N6. The van der Waals surface area contributed by atoms with Crippen molar-refractivity contribution >= 4 is 0 Å². The van der Waals surface area contributed by atoms with Gasteiger partial charge in [-0.05, 0) is 32.3 Å². The van der Waals surface area contributed by atoms with Crippen molar-refractivity contribution in [1.82, 2.24) is 24.8 Å². The molecule has 2 N–H and O–H groups in total. The molecule has 0 saturated carbocycles. The Hall–Kier alpha value is -1.69. The summed E-state index contributed by atoms with van der Waals surface area (Å²) in [5.41, 5.74) is 10.7. The van der Waals surface area contributed by atoms with Crippen LogP contribution in [0.4, 0.5) is 0 Å². The van der Waals surface area contributed by atoms with Gasteiger partial charge in [0.2, 0.25) is 0 Å². The van der Waals surface area contributed by atoms with E-state index in [0.717, 1.165) is 24.2 Å². The molecule has 18 heavy (non-hydrogen) atoms. The monoisotopic (exact) mass is 248 g/mol. The zero-order chi connectivity index (χ0) is 13.3. The van der Waals surface area contributed by atoms with Crippen molar-refractivity contribution in [2.24, 2.45) is 19.8 Å². The van der Waals surface area contributed by atoms with Crippen LogP contribution in [0, 0.1) is 13.8 Å². The van der Waals surface area contributed by atoms with Gasteiger partial charge in [-0.1, -0.05) is 5.21 Å². The molecule has 0 aromatic carbocycles. The summed E-state index contributed by atoms with van der Waals surface area (Å²) in [6.45, 7) is 4.13. The first-order valence-electron chi connectivity index (χ1n) is 6.10. The van der Waals surface area contributed by atoms with Crippen molar-refractivity contribution in [3.63, 3.8) is 0 Å². The van der Waals surface area contributed by atoms with Crippen LogP contribution in [0.15, 0.2) is 6.20 Å². The van der Waals surface area contributed by atoms with Crippen molar-refractivity contribution in [3.8, 4) is 0 Å². The highest BCUT2D eigenvalue weighted by atomic mass is 15.4. The summed E-state index contributed by atoms with van der Waals surface area (Å²) in [4.78, 5) is 0. The van der Waals surface area contributed by atoms with Crippen LogP contribution in [-0.4, -0.2) is 24.8 Å². The van der Waals surface area contributed by atoms with E-state index in [1.54, 1.807) is 10.9 Å². The summed E-state index contributed by atoms with van der Waals surface area (Å²) in [6.07, 6.45) is 3.53. The van der Waals surface area contributed by atoms with Gasteiger partial charge in [0.25, 0.3) is 0 Å². The van der Waals surface area contributed by atoms with E-state index in [1.807, 2.05) is 25.7 Å². The lowest BCUT2D eigenvalue weighted by atomic mass is 10.0. The lowest BCUT2D eigenvalue weighted by Gasteiger charge is -2.11. The van der Waals surface area contributed by atoms with E-state index in [2.05, 4.69) is 22.3 Å². The summed E-state index contributed by atoms with van der Waals surface area (Å²) in [7, 11) is 3.83. The smallest absolute Gasteiger partial charge is 0.0751 e. The first-order valence-corrected chi connectivity index (χ1v) is 6.10. The largest absolute Gasteiger partial charge is 0.323 e. The van der Waals surface area contributed by atoms with Gasteiger partial charge >= 0.3 is 0 Å². The molecule has 0 aliphatic rings. The van der Waals surface area contributed by atoms with Crippen LogP contribution in [0.1, 0.15) is 35.1 Å². The molecule has 6 nitrogen and oxygen atoms in total. The lowest BCUT2D eigenvalue weighted by molar-refractivity contribution is 0.575. The molecule has 98 valence electrons. The topological polar surface area (TPSA) is 74.6 Å². The Kier molecular flexibility index (Phi) is 3.47. The molecule has 1 unspecified atom stereocenters. The Morgan fingerprint density at radius 1 is 1.28 bits per heavy atom. The molecule has 2 rings (SSSR count). The number of hydrogen-bond donors (Lipinski definition) is 1. The molecule has 2 aromatic rings. The van der Waals surface area contributed by atoms with Gasteiger partial charge in [0.1, 0.15) is 0 Å². The molecule has 0 aliphatic heterocycles. The van der Waals surface area contributed by atoms with Crippen LogP contribution in [-0.2, 0) is 20.5 Å². The van der Waals surface area contributed by atoms with Crippen LogP contribution in [0.2, 0.25) is 0 Å². The van der Waals surface area contributed by atoms with Crippen LogP contribution in [0.25, 0.3) is 0 Å². The zero-order valence-electron chi connectivity index (χ0n) is 11.4. The first-order chi connectivity index (χ1) is 8.50. The fourth-order valence-electron chi connectivity index (χ4n) is 2.26. The third kappa shape index (κ3) is 2.28. The molecule has 1 atom stereocenters. The van der Waals surface area contributed by atoms with Crippen LogP contribution in [0.3, 0.4) is 0 Å². The van der Waals surface area contributed by atoms with Gasteiger partial charge in [-0.2, -0.15) is 5.10 Å². The third-order valence-electron chi connectivity index (χ3n) is 3.49. The average molecular weight is 248 g/mol. The molecule has 0 saturated heterocycles. The van der Waals surface area contributed by atoms with Gasteiger partial charge in [-0.3, -0.25) is 9.36 Å². The van der Waals surface area contributed by atoms with E-state index in [4.69, 9.17) is 5.73 Å². The van der Waals surface area contributed by atoms with E-state index in [0.29, 0.717) is 0 Å². The van der Waals surface area contributed by atoms with Crippen molar-refractivity contribution in [2.75, 3.05) is 0 Å². The van der Waals surface area contributed by atoms with E-state index in [9.17, 15) is 0 Å². The summed E-state index contributed by atoms with van der Waals surface area (Å²) in [5, 5.41) is 12.2. The van der Waals surface area contributed by atoms with Gasteiger partial charge < -0.3 is 5.73 Å². The number of nitrogens with two attached hydrogens (primary N) is 1. The number of nitrogens with zero attached hydrogens (tertiary/aromatic N) is 5. The van der Waals surface area contributed by atoms with Gasteiger partial charge in [0, 0.05) is 25.8 Å². The molecule has 0 amide bonds. The van der Waals surface area contributed by atoms with E-state index >= 15 is 0 Å². The molecule has 2 heterocycles. The Labute approximate surface area is 107 Å². The second-order valence-corrected chi connectivity index (χ2v) is 4.70. The first kappa shape index (κ1) is 12.8. The maximum absolute atomic E-state index is 6.17. The zero-order valence-corrected chi connectivity index (χ0v) is 11.4. The summed E-state index contributed by atoms with van der Waals surface area (Å²) in [6, 6.07) is -0.0380. The van der Waals surface area contributed by atoms with Crippen LogP contribution >= 0.6 is 0 Å². The average Bonchev–Trinajstić information content (AvgIpc) is 2.83. The minimum Gasteiger partial charge on any atom is -0.323 e. The quantitative estimate of drug-likeness (QED) is 0.868. The third-order valence-corrected chi connectivity index (χ3v) is 3.49. The molecule has 0 aliphatic carbocycles. The van der Waals surface area contributed by atoms with Crippen molar-refractivity contribution in [1.29, 1.82) is 0 Å². The lowest BCUT2D eigenvalue weighted by Crippen LogP contribution is -2.15. The molecule has 6 heteroatoms. The van der Waals surface area contributed by atoms with E-state index < -0.39 is 0 Å². The highest BCUT2D eigenvalue weighted by Crippen LogP contribution is 2.19. The van der Waals surface area contributed by atoms with Gasteiger partial charge in [-0.15, -0.1) is 5.10 Å². The molecular weight excluding hydrogens is 228 g/mol. The standard InChI is InChI=1S/C12H20N6/c1-8-10(9(2)17(3)15-8)5-6-11(13)12-7-14-16-18(12)4/h7,11H,5-6,13H2,1-4H3. The Balaban J connectivity index is 2.06. The van der Waals surface area contributed by atoms with E-state index in [-0.39, 0.29) is 6.04 Å². The molecule has 2 aromatic heterocycles. The Morgan fingerprint density at radius 3 is 2.50 bits per heavy atom. The summed E-state index contributed by atoms with van der Waals surface area (Å²) < 4.78 is 3.65. The minimum atomic E-state index is -0.0380. The second kappa shape index (κ2) is 4.89. The molecule has 0 radical (unpaired) electrons. The minimum absolute atomic E-state index is 0.0380. The normalized spacial score (nSPS) is 12.9. The molecule has 0 bridgehead atoms. The highest BCUT2D eigenvalue weighted by Gasteiger charge is 2.14. The predicted molar refractivity (Wildman–Crippen MR) is 68.9 cm³/mol. The summed E-state index contributed by atoms with van der Waals surface area (Å²) >= 11 is 0. The second-order valence-electron chi connectivity index (χ2n) is 4.70. The number of aromatic nitrogens is 5. The Morgan fingerprint density at radius 2 is 2.00 bits per heavy atom. The molecule has 0 fully saturated rings. The molecule has 0 spiro atoms. The van der Waals surface area contributed by atoms with Crippen molar-refractivity contribution in [3.05, 3.63) is 28.8 Å². The highest BCUT2D eigenvalue weighted by molar-refractivity contribution is 5.24. The maximum atomic E-state index is 6.17. The SMILES string of the molecule is Cc1nn(C)c(C)c1CCC(N)c1cnnn1C. The Bertz CT molecular complexity index is 539. The number of hydrogen-bond acceptors (Lipinski definition) is 4. The van der Waals surface area contributed by atoms with Gasteiger partial charge in [0.05, 0.1) is 17.6 Å². The number of rotatable bonds is 4. The van der Waals surface area contributed by atoms with E-state index in [1.165, 1.54) is 11.3 Å². The van der Waals surface area contributed by atoms with Crippen molar-refractivity contribution in [2.45, 2.75) is 32.7 Å². The van der Waals surface area contributed by atoms with Gasteiger partial charge in [0.15, 0.2) is 0 Å². The fourth-order valence-corrected chi connectivity index (χ4v) is 2.26. The maximum Gasteiger partial charge on any atom is 0.0751 e. The van der Waals surface area contributed by atoms with Gasteiger partial charge in [-0.25, -0.2) is 0 Å². The fraction of sp³-hybridized carbons (Fsp3) is 0.583. The van der Waals surface area contributed by atoms with Crippen LogP contribution in [0.5, 0.6) is 0 Å². The number of aryl methyl sites for hydroxylation is 3.